The normalized spacial score (nSPS) is 13.3. The summed E-state index contributed by atoms with van der Waals surface area (Å²) in [5.74, 6) is -1.31. The monoisotopic (exact) mass is 590 g/mol. The Labute approximate surface area is 254 Å². The Balaban J connectivity index is 1.35. The number of amides is 3. The van der Waals surface area contributed by atoms with Gasteiger partial charge in [-0.15, -0.1) is 0 Å². The van der Waals surface area contributed by atoms with Crippen LogP contribution in [0, 0.1) is 13.8 Å². The van der Waals surface area contributed by atoms with Gasteiger partial charge in [0.25, 0.3) is 20.1 Å². The Morgan fingerprint density at radius 2 is 1.28 bits per heavy atom. The lowest BCUT2D eigenvalue weighted by Gasteiger charge is -2.43. The second-order valence-electron chi connectivity index (χ2n) is 12.1. The molecule has 4 aromatic rings. The molecule has 1 aliphatic heterocycles. The summed E-state index contributed by atoms with van der Waals surface area (Å²) >= 11 is 0. The van der Waals surface area contributed by atoms with Crippen molar-refractivity contribution < 1.29 is 18.8 Å². The largest absolute Gasteiger partial charge is 0.407 e. The molecular formula is C36H38N2O4Si. The molecule has 1 heterocycles. The van der Waals surface area contributed by atoms with E-state index in [-0.39, 0.29) is 11.6 Å². The molecule has 3 amide bonds. The maximum absolute atomic E-state index is 13.1. The van der Waals surface area contributed by atoms with Crippen LogP contribution in [0.2, 0.25) is 5.04 Å². The van der Waals surface area contributed by atoms with Gasteiger partial charge in [-0.05, 0) is 70.6 Å². The molecular weight excluding hydrogens is 552 g/mol. The lowest BCUT2D eigenvalue weighted by Crippen LogP contribution is -2.66. The van der Waals surface area contributed by atoms with E-state index in [1.165, 1.54) is 10.4 Å². The Hall–Kier alpha value is -4.33. The van der Waals surface area contributed by atoms with Crippen molar-refractivity contribution in [2.24, 2.45) is 0 Å². The zero-order valence-electron chi connectivity index (χ0n) is 25.4. The van der Waals surface area contributed by atoms with Gasteiger partial charge in [0, 0.05) is 12.3 Å². The molecule has 4 aromatic carbocycles. The second-order valence-corrected chi connectivity index (χ2v) is 16.4. The second kappa shape index (κ2) is 12.1. The minimum Gasteiger partial charge on any atom is -0.407 e. The van der Waals surface area contributed by atoms with Crippen LogP contribution in [0.4, 0.5) is 5.69 Å². The summed E-state index contributed by atoms with van der Waals surface area (Å²) < 4.78 is 7.11. The third-order valence-electron chi connectivity index (χ3n) is 8.37. The quantitative estimate of drug-likeness (QED) is 0.202. The van der Waals surface area contributed by atoms with Gasteiger partial charge >= 0.3 is 0 Å². The molecule has 0 aliphatic carbocycles. The van der Waals surface area contributed by atoms with E-state index in [2.05, 4.69) is 81.5 Å². The fourth-order valence-corrected chi connectivity index (χ4v) is 10.8. The molecule has 1 aliphatic rings. The molecule has 0 atom stereocenters. The molecule has 5 rings (SSSR count). The van der Waals surface area contributed by atoms with Crippen molar-refractivity contribution in [1.82, 2.24) is 4.90 Å². The molecule has 0 saturated carbocycles. The predicted octanol–water partition coefficient (Wildman–Crippen LogP) is 5.66. The van der Waals surface area contributed by atoms with Crippen LogP contribution in [-0.4, -0.2) is 44.1 Å². The number of hydrogen-bond acceptors (Lipinski definition) is 4. The fourth-order valence-electron chi connectivity index (χ4n) is 6.20. The number of benzene rings is 4. The highest BCUT2D eigenvalue weighted by atomic mass is 28.4. The van der Waals surface area contributed by atoms with Gasteiger partial charge < -0.3 is 9.74 Å². The first kappa shape index (κ1) is 30.1. The molecule has 220 valence electrons. The molecule has 0 radical (unpaired) electrons. The first-order valence-electron chi connectivity index (χ1n) is 14.6. The topological polar surface area (TPSA) is 75.7 Å². The van der Waals surface area contributed by atoms with Crippen LogP contribution in [0.5, 0.6) is 0 Å². The van der Waals surface area contributed by atoms with E-state index in [0.29, 0.717) is 29.8 Å². The number of anilines is 1. The van der Waals surface area contributed by atoms with Gasteiger partial charge in [-0.3, -0.25) is 19.3 Å². The van der Waals surface area contributed by atoms with Gasteiger partial charge in [-0.1, -0.05) is 99.6 Å². The number of aryl methyl sites for hydroxylation is 1. The number of rotatable bonds is 9. The van der Waals surface area contributed by atoms with Crippen LogP contribution in [-0.2, 0) is 15.6 Å². The zero-order chi connectivity index (χ0) is 30.8. The van der Waals surface area contributed by atoms with Crippen molar-refractivity contribution in [1.29, 1.82) is 0 Å². The van der Waals surface area contributed by atoms with Crippen molar-refractivity contribution in [2.45, 2.75) is 46.1 Å². The Kier molecular flexibility index (Phi) is 8.49. The van der Waals surface area contributed by atoms with Crippen LogP contribution < -0.4 is 15.7 Å². The van der Waals surface area contributed by atoms with Gasteiger partial charge in [0.05, 0.1) is 11.1 Å². The molecule has 0 aromatic heterocycles. The molecule has 0 unspecified atom stereocenters. The van der Waals surface area contributed by atoms with E-state index in [4.69, 9.17) is 4.43 Å². The SMILES string of the molecule is Cc1ccc(NC(=O)CN2C(=O)c3ccccc3C2=O)c(C)c1CCO[Si](c1ccccc1)(c1ccccc1)C(C)(C)C. The number of hydrogen-bond donors (Lipinski definition) is 1. The third kappa shape index (κ3) is 5.70. The van der Waals surface area contributed by atoms with Crippen LogP contribution >= 0.6 is 0 Å². The smallest absolute Gasteiger partial charge is 0.262 e. The van der Waals surface area contributed by atoms with Crippen molar-refractivity contribution in [2.75, 3.05) is 18.5 Å². The molecule has 6 nitrogen and oxygen atoms in total. The summed E-state index contributed by atoms with van der Waals surface area (Å²) in [4.78, 5) is 39.6. The number of carbonyl (C=O) groups excluding carboxylic acids is 3. The van der Waals surface area contributed by atoms with Gasteiger partial charge in [0.15, 0.2) is 0 Å². The Morgan fingerprint density at radius 3 is 1.79 bits per heavy atom. The summed E-state index contributed by atoms with van der Waals surface area (Å²) in [5, 5.41) is 5.28. The van der Waals surface area contributed by atoms with Crippen LogP contribution in [0.15, 0.2) is 97.1 Å². The maximum atomic E-state index is 13.1. The molecule has 0 spiro atoms. The van der Waals surface area contributed by atoms with Gasteiger partial charge in [-0.25, -0.2) is 0 Å². The zero-order valence-corrected chi connectivity index (χ0v) is 26.4. The lowest BCUT2D eigenvalue weighted by atomic mass is 9.98. The highest BCUT2D eigenvalue weighted by Crippen LogP contribution is 2.37. The van der Waals surface area contributed by atoms with Crippen LogP contribution in [0.25, 0.3) is 0 Å². The summed E-state index contributed by atoms with van der Waals surface area (Å²) in [6.07, 6.45) is 0.671. The van der Waals surface area contributed by atoms with E-state index in [1.54, 1.807) is 24.3 Å². The number of carbonyl (C=O) groups is 3. The first-order valence-corrected chi connectivity index (χ1v) is 16.5. The maximum Gasteiger partial charge on any atom is 0.262 e. The highest BCUT2D eigenvalue weighted by molar-refractivity contribution is 6.99. The lowest BCUT2D eigenvalue weighted by molar-refractivity contribution is -0.116. The minimum absolute atomic E-state index is 0.125. The third-order valence-corrected chi connectivity index (χ3v) is 13.4. The van der Waals surface area contributed by atoms with Crippen molar-refractivity contribution in [3.05, 3.63) is 125 Å². The average Bonchev–Trinajstić information content (AvgIpc) is 3.23. The minimum atomic E-state index is -2.68. The Bertz CT molecular complexity index is 1590. The molecule has 7 heteroatoms. The molecule has 0 saturated heterocycles. The number of nitrogens with one attached hydrogen (secondary N) is 1. The van der Waals surface area contributed by atoms with E-state index >= 15 is 0 Å². The summed E-state index contributed by atoms with van der Waals surface area (Å²) in [5.41, 5.74) is 4.48. The summed E-state index contributed by atoms with van der Waals surface area (Å²) in [6, 6.07) is 31.6. The van der Waals surface area contributed by atoms with Gasteiger partial charge in [0.2, 0.25) is 5.91 Å². The number of fused-ring (bicyclic) bond motifs is 1. The van der Waals surface area contributed by atoms with Crippen molar-refractivity contribution in [3.63, 3.8) is 0 Å². The molecule has 0 bridgehead atoms. The summed E-state index contributed by atoms with van der Waals surface area (Å²) in [6.45, 7) is 11.0. The van der Waals surface area contributed by atoms with Crippen LogP contribution in [0.3, 0.4) is 0 Å². The van der Waals surface area contributed by atoms with Crippen molar-refractivity contribution in [3.8, 4) is 0 Å². The molecule has 0 fully saturated rings. The first-order chi connectivity index (χ1) is 20.5. The summed E-state index contributed by atoms with van der Waals surface area (Å²) in [7, 11) is -2.68. The average molecular weight is 591 g/mol. The van der Waals surface area contributed by atoms with E-state index in [9.17, 15) is 14.4 Å². The number of imide groups is 1. The number of nitrogens with zero attached hydrogens (tertiary/aromatic N) is 1. The van der Waals surface area contributed by atoms with Crippen LogP contribution in [0.1, 0.15) is 58.2 Å². The van der Waals surface area contributed by atoms with Crippen molar-refractivity contribution >= 4 is 42.1 Å². The highest BCUT2D eigenvalue weighted by Gasteiger charge is 2.50. The Morgan fingerprint density at radius 1 is 0.767 bits per heavy atom. The van der Waals surface area contributed by atoms with E-state index in [1.807, 2.05) is 31.2 Å². The van der Waals surface area contributed by atoms with E-state index in [0.717, 1.165) is 21.6 Å². The predicted molar refractivity (Wildman–Crippen MR) is 174 cm³/mol. The standard InChI is InChI=1S/C36H38N2O4Si/c1-25-20-21-32(37-33(39)24-38-34(40)30-18-12-13-19-31(30)35(38)41)26(2)29(25)22-23-42-43(36(3,4)5,27-14-8-6-9-15-27)28-16-10-7-11-17-28/h6-21H,22-24H2,1-5H3,(H,37,39). The van der Waals surface area contributed by atoms with E-state index < -0.39 is 26.0 Å². The molecule has 43 heavy (non-hydrogen) atoms. The van der Waals surface area contributed by atoms with Gasteiger partial charge in [-0.2, -0.15) is 0 Å². The molecule has 1 N–H and O–H groups in total. The fraction of sp³-hybridized carbons (Fsp3) is 0.250. The van der Waals surface area contributed by atoms with Gasteiger partial charge in [0.1, 0.15) is 6.54 Å².